The monoisotopic (exact) mass is 432 g/mol. The largest absolute Gasteiger partial charge is 0.395 e. The minimum absolute atomic E-state index is 0.0289. The van der Waals surface area contributed by atoms with Crippen LogP contribution in [0.5, 0.6) is 0 Å². The summed E-state index contributed by atoms with van der Waals surface area (Å²) in [6.07, 6.45) is 0. The molecule has 0 spiro atoms. The van der Waals surface area contributed by atoms with Gasteiger partial charge in [-0.15, -0.1) is 0 Å². The standard InChI is InChI=1S/C25H28N4O3/c1-25(2,3)19-10-8-18(9-11-19)22-21(23(31)27(4)14-15-30)24(32)29(28(22)5)20-12-6-17(16-26)7-13-20/h6-13,30H,14-15H2,1-5H3. The van der Waals surface area contributed by atoms with Gasteiger partial charge in [-0.3, -0.25) is 14.3 Å². The number of nitriles is 1. The van der Waals surface area contributed by atoms with Crippen LogP contribution in [0.4, 0.5) is 0 Å². The lowest BCUT2D eigenvalue weighted by molar-refractivity contribution is 0.0766. The molecule has 0 aliphatic carbocycles. The molecule has 1 aromatic heterocycles. The van der Waals surface area contributed by atoms with Gasteiger partial charge in [0.2, 0.25) is 0 Å². The van der Waals surface area contributed by atoms with Gasteiger partial charge in [-0.25, -0.2) is 4.68 Å². The smallest absolute Gasteiger partial charge is 0.284 e. The van der Waals surface area contributed by atoms with Crippen LogP contribution in [0.3, 0.4) is 0 Å². The van der Waals surface area contributed by atoms with E-state index in [0.717, 1.165) is 11.1 Å². The fourth-order valence-electron chi connectivity index (χ4n) is 3.67. The van der Waals surface area contributed by atoms with E-state index in [1.54, 1.807) is 43.0 Å². The summed E-state index contributed by atoms with van der Waals surface area (Å²) in [5.41, 5.74) is 2.96. The summed E-state index contributed by atoms with van der Waals surface area (Å²) in [4.78, 5) is 28.0. The van der Waals surface area contributed by atoms with Crippen molar-refractivity contribution in [2.45, 2.75) is 26.2 Å². The molecule has 166 valence electrons. The van der Waals surface area contributed by atoms with Crippen molar-refractivity contribution in [2.24, 2.45) is 7.05 Å². The topological polar surface area (TPSA) is 91.3 Å². The van der Waals surface area contributed by atoms with Crippen LogP contribution < -0.4 is 5.56 Å². The van der Waals surface area contributed by atoms with Crippen LogP contribution in [0, 0.1) is 11.3 Å². The summed E-state index contributed by atoms with van der Waals surface area (Å²) in [7, 11) is 3.29. The summed E-state index contributed by atoms with van der Waals surface area (Å²) in [6, 6.07) is 16.5. The van der Waals surface area contributed by atoms with Crippen molar-refractivity contribution >= 4 is 5.91 Å². The number of carbonyl (C=O) groups is 1. The quantitative estimate of drug-likeness (QED) is 0.671. The molecule has 0 aliphatic heterocycles. The molecular formula is C25H28N4O3. The van der Waals surface area contributed by atoms with Gasteiger partial charge in [-0.1, -0.05) is 45.0 Å². The Morgan fingerprint density at radius 1 is 1.09 bits per heavy atom. The Kier molecular flexibility index (Phi) is 6.37. The van der Waals surface area contributed by atoms with Crippen LogP contribution in [0.15, 0.2) is 53.3 Å². The number of aliphatic hydroxyl groups is 1. The SMILES string of the molecule is CN(CCO)C(=O)c1c(-c2ccc(C(C)(C)C)cc2)n(C)n(-c2ccc(C#N)cc2)c1=O. The van der Waals surface area contributed by atoms with Gasteiger partial charge in [0.25, 0.3) is 11.5 Å². The van der Waals surface area contributed by atoms with Gasteiger partial charge >= 0.3 is 0 Å². The Labute approximate surface area is 187 Å². The van der Waals surface area contributed by atoms with E-state index in [2.05, 4.69) is 26.8 Å². The minimum atomic E-state index is -0.457. The second-order valence-corrected chi connectivity index (χ2v) is 8.80. The van der Waals surface area contributed by atoms with Gasteiger partial charge in [0.15, 0.2) is 0 Å². The highest BCUT2D eigenvalue weighted by Crippen LogP contribution is 2.28. The van der Waals surface area contributed by atoms with E-state index in [1.165, 1.54) is 9.58 Å². The van der Waals surface area contributed by atoms with Crippen molar-refractivity contribution in [3.63, 3.8) is 0 Å². The number of rotatable bonds is 5. The Hall–Kier alpha value is -3.63. The number of benzene rings is 2. The highest BCUT2D eigenvalue weighted by atomic mass is 16.3. The van der Waals surface area contributed by atoms with Crippen molar-refractivity contribution in [3.05, 3.63) is 75.6 Å². The highest BCUT2D eigenvalue weighted by molar-refractivity contribution is 6.00. The Morgan fingerprint density at radius 2 is 1.69 bits per heavy atom. The molecule has 7 heteroatoms. The fourth-order valence-corrected chi connectivity index (χ4v) is 3.67. The minimum Gasteiger partial charge on any atom is -0.395 e. The number of carbonyl (C=O) groups excluding carboxylic acids is 1. The van der Waals surface area contributed by atoms with Gasteiger partial charge in [-0.2, -0.15) is 5.26 Å². The average Bonchev–Trinajstić information content (AvgIpc) is 3.03. The fraction of sp³-hybridized carbons (Fsp3) is 0.320. The van der Waals surface area contributed by atoms with Gasteiger partial charge in [-0.05, 0) is 35.2 Å². The highest BCUT2D eigenvalue weighted by Gasteiger charge is 2.28. The number of likely N-dealkylation sites (N-methyl/N-ethyl adjacent to an activating group) is 1. The van der Waals surface area contributed by atoms with Crippen LogP contribution in [0.2, 0.25) is 0 Å². The number of hydrogen-bond donors (Lipinski definition) is 1. The van der Waals surface area contributed by atoms with Gasteiger partial charge in [0, 0.05) is 26.2 Å². The third-order valence-electron chi connectivity index (χ3n) is 5.53. The van der Waals surface area contributed by atoms with E-state index >= 15 is 0 Å². The third-order valence-corrected chi connectivity index (χ3v) is 5.53. The lowest BCUT2D eigenvalue weighted by atomic mass is 9.86. The average molecular weight is 433 g/mol. The van der Waals surface area contributed by atoms with Crippen LogP contribution >= 0.6 is 0 Å². The Balaban J connectivity index is 2.25. The molecule has 0 aliphatic rings. The first-order valence-electron chi connectivity index (χ1n) is 10.4. The van der Waals surface area contributed by atoms with E-state index in [9.17, 15) is 14.7 Å². The molecule has 3 aromatic rings. The molecule has 0 radical (unpaired) electrons. The second kappa shape index (κ2) is 8.85. The molecule has 1 heterocycles. The van der Waals surface area contributed by atoms with E-state index in [-0.39, 0.29) is 24.1 Å². The molecule has 0 fully saturated rings. The molecule has 3 rings (SSSR count). The van der Waals surface area contributed by atoms with Crippen LogP contribution in [0.1, 0.15) is 42.3 Å². The van der Waals surface area contributed by atoms with Crippen molar-refractivity contribution < 1.29 is 9.90 Å². The van der Waals surface area contributed by atoms with Crippen molar-refractivity contribution in [1.82, 2.24) is 14.3 Å². The molecule has 32 heavy (non-hydrogen) atoms. The predicted octanol–water partition coefficient (Wildman–Crippen LogP) is 3.08. The molecule has 0 bridgehead atoms. The van der Waals surface area contributed by atoms with E-state index in [0.29, 0.717) is 16.9 Å². The molecule has 0 atom stereocenters. The van der Waals surface area contributed by atoms with E-state index in [1.807, 2.05) is 24.3 Å². The van der Waals surface area contributed by atoms with E-state index in [4.69, 9.17) is 5.26 Å². The van der Waals surface area contributed by atoms with Crippen molar-refractivity contribution in [1.29, 1.82) is 5.26 Å². The zero-order valence-corrected chi connectivity index (χ0v) is 19.1. The van der Waals surface area contributed by atoms with Crippen LogP contribution in [-0.4, -0.2) is 45.5 Å². The number of hydrogen-bond acceptors (Lipinski definition) is 4. The summed E-state index contributed by atoms with van der Waals surface area (Å²) < 4.78 is 3.09. The molecule has 1 amide bonds. The molecule has 7 nitrogen and oxygen atoms in total. The zero-order valence-electron chi connectivity index (χ0n) is 19.1. The molecule has 1 N–H and O–H groups in total. The normalized spacial score (nSPS) is 11.3. The summed E-state index contributed by atoms with van der Waals surface area (Å²) in [5, 5.41) is 18.3. The first-order chi connectivity index (χ1) is 15.1. The Morgan fingerprint density at radius 3 is 2.19 bits per heavy atom. The summed E-state index contributed by atoms with van der Waals surface area (Å²) >= 11 is 0. The predicted molar refractivity (Wildman–Crippen MR) is 124 cm³/mol. The van der Waals surface area contributed by atoms with Gasteiger partial charge < -0.3 is 10.0 Å². The molecule has 2 aromatic carbocycles. The first kappa shape index (κ1) is 23.0. The second-order valence-electron chi connectivity index (χ2n) is 8.80. The lowest BCUT2D eigenvalue weighted by Crippen LogP contribution is -2.33. The van der Waals surface area contributed by atoms with Gasteiger partial charge in [0.05, 0.1) is 29.6 Å². The van der Waals surface area contributed by atoms with Crippen LogP contribution in [0.25, 0.3) is 16.9 Å². The molecule has 0 unspecified atom stereocenters. The molecule has 0 saturated heterocycles. The molecular weight excluding hydrogens is 404 g/mol. The number of aliphatic hydroxyl groups excluding tert-OH is 1. The molecule has 0 saturated carbocycles. The summed E-state index contributed by atoms with van der Waals surface area (Å²) in [5.74, 6) is -0.457. The van der Waals surface area contributed by atoms with Gasteiger partial charge in [0.1, 0.15) is 5.56 Å². The van der Waals surface area contributed by atoms with E-state index < -0.39 is 11.5 Å². The zero-order chi connectivity index (χ0) is 23.6. The lowest BCUT2D eigenvalue weighted by Gasteiger charge is -2.20. The van der Waals surface area contributed by atoms with Crippen molar-refractivity contribution in [3.8, 4) is 23.0 Å². The summed E-state index contributed by atoms with van der Waals surface area (Å²) in [6.45, 7) is 6.29. The van der Waals surface area contributed by atoms with Crippen molar-refractivity contribution in [2.75, 3.05) is 20.2 Å². The maximum atomic E-state index is 13.5. The maximum Gasteiger partial charge on any atom is 0.284 e. The first-order valence-corrected chi connectivity index (χ1v) is 10.4. The maximum absolute atomic E-state index is 13.5. The number of nitrogens with zero attached hydrogens (tertiary/aromatic N) is 4. The number of amides is 1. The third kappa shape index (κ3) is 4.23. The van der Waals surface area contributed by atoms with Crippen LogP contribution in [-0.2, 0) is 12.5 Å². The Bertz CT molecular complexity index is 1220. The number of aromatic nitrogens is 2.